The molecular weight excluding hydrogens is 386 g/mol. The van der Waals surface area contributed by atoms with E-state index in [1.807, 2.05) is 24.2 Å². The average molecular weight is 416 g/mol. The first-order chi connectivity index (χ1) is 14.0. The van der Waals surface area contributed by atoms with E-state index < -0.39 is 10.0 Å². The second kappa shape index (κ2) is 8.32. The molecule has 0 N–H and O–H groups in total. The zero-order chi connectivity index (χ0) is 20.4. The van der Waals surface area contributed by atoms with Crippen LogP contribution < -0.4 is 0 Å². The van der Waals surface area contributed by atoms with Gasteiger partial charge in [0.15, 0.2) is 0 Å². The fourth-order valence-electron chi connectivity index (χ4n) is 4.50. The first kappa shape index (κ1) is 20.2. The van der Waals surface area contributed by atoms with E-state index in [0.29, 0.717) is 24.4 Å². The first-order valence-corrected chi connectivity index (χ1v) is 11.9. The zero-order valence-corrected chi connectivity index (χ0v) is 17.8. The van der Waals surface area contributed by atoms with Gasteiger partial charge in [0, 0.05) is 38.6 Å². The van der Waals surface area contributed by atoms with Crippen LogP contribution in [-0.4, -0.2) is 47.7 Å². The van der Waals surface area contributed by atoms with Gasteiger partial charge in [-0.05, 0) is 55.5 Å². The highest BCUT2D eigenvalue weighted by Gasteiger charge is 2.31. The molecule has 6 nitrogen and oxygen atoms in total. The molecule has 0 spiro atoms. The fourth-order valence-corrected chi connectivity index (χ4v) is 6.02. The number of hydrogen-bond donors (Lipinski definition) is 0. The number of piperidine rings is 1. The number of sulfonamides is 1. The minimum Gasteiger partial charge on any atom is -0.353 e. The lowest BCUT2D eigenvalue weighted by Gasteiger charge is -2.26. The van der Waals surface area contributed by atoms with E-state index in [9.17, 15) is 13.2 Å². The normalized spacial score (nSPS) is 20.9. The van der Waals surface area contributed by atoms with Crippen LogP contribution >= 0.6 is 0 Å². The van der Waals surface area contributed by atoms with Gasteiger partial charge in [-0.2, -0.15) is 4.31 Å². The molecule has 1 aromatic carbocycles. The van der Waals surface area contributed by atoms with Crippen molar-refractivity contribution in [1.29, 1.82) is 0 Å². The fraction of sp³-hybridized carbons (Fsp3) is 0.500. The molecule has 0 bridgehead atoms. The van der Waals surface area contributed by atoms with Gasteiger partial charge in [0.2, 0.25) is 15.9 Å². The van der Waals surface area contributed by atoms with Gasteiger partial charge in [0.05, 0.1) is 17.4 Å². The summed E-state index contributed by atoms with van der Waals surface area (Å²) in [5.74, 6) is 0.0975. The summed E-state index contributed by atoms with van der Waals surface area (Å²) in [4.78, 5) is 15.2. The summed E-state index contributed by atoms with van der Waals surface area (Å²) in [6.07, 6.45) is 7.23. The molecule has 1 aromatic heterocycles. The summed E-state index contributed by atoms with van der Waals surface area (Å²) >= 11 is 0. The summed E-state index contributed by atoms with van der Waals surface area (Å²) in [7, 11) is -1.42. The molecule has 3 heterocycles. The minimum absolute atomic E-state index is 0.0975. The number of hydrogen-bond acceptors (Lipinski definition) is 3. The maximum atomic E-state index is 13.0. The van der Waals surface area contributed by atoms with Crippen molar-refractivity contribution in [3.8, 4) is 0 Å². The summed E-state index contributed by atoms with van der Waals surface area (Å²) in [6, 6.07) is 11.1. The highest BCUT2D eigenvalue weighted by molar-refractivity contribution is 7.89. The largest absolute Gasteiger partial charge is 0.353 e. The Bertz CT molecular complexity index is 959. The number of carbonyl (C=O) groups is 1. The SMILES string of the molecule is Cn1cccc1C1CCCN1C(=O)Cc1ccc(S(=O)(=O)N2CCCCC2)cc1. The van der Waals surface area contributed by atoms with Crippen molar-refractivity contribution in [2.45, 2.75) is 49.5 Å². The smallest absolute Gasteiger partial charge is 0.243 e. The van der Waals surface area contributed by atoms with Crippen LogP contribution in [0, 0.1) is 0 Å². The molecule has 0 aliphatic carbocycles. The maximum Gasteiger partial charge on any atom is 0.243 e. The molecule has 7 heteroatoms. The summed E-state index contributed by atoms with van der Waals surface area (Å²) in [5.41, 5.74) is 2.02. The predicted octanol–water partition coefficient (Wildman–Crippen LogP) is 3.11. The van der Waals surface area contributed by atoms with Crippen LogP contribution in [0.25, 0.3) is 0 Å². The van der Waals surface area contributed by atoms with Crippen molar-refractivity contribution in [1.82, 2.24) is 13.8 Å². The van der Waals surface area contributed by atoms with E-state index in [-0.39, 0.29) is 11.9 Å². The number of carbonyl (C=O) groups excluding carboxylic acids is 1. The second-order valence-corrected chi connectivity index (χ2v) is 10.0. The molecule has 1 amide bonds. The summed E-state index contributed by atoms with van der Waals surface area (Å²) in [6.45, 7) is 1.96. The van der Waals surface area contributed by atoms with Crippen LogP contribution in [0.1, 0.15) is 49.4 Å². The minimum atomic E-state index is -3.43. The Kier molecular flexibility index (Phi) is 5.79. The van der Waals surface area contributed by atoms with Gasteiger partial charge in [-0.3, -0.25) is 4.79 Å². The van der Waals surface area contributed by atoms with Gasteiger partial charge < -0.3 is 9.47 Å². The first-order valence-electron chi connectivity index (χ1n) is 10.5. The van der Waals surface area contributed by atoms with Gasteiger partial charge in [-0.15, -0.1) is 0 Å². The van der Waals surface area contributed by atoms with E-state index in [1.165, 1.54) is 5.69 Å². The van der Waals surface area contributed by atoms with Crippen LogP contribution in [-0.2, 0) is 28.3 Å². The van der Waals surface area contributed by atoms with E-state index in [4.69, 9.17) is 0 Å². The van der Waals surface area contributed by atoms with Gasteiger partial charge >= 0.3 is 0 Å². The molecular formula is C22H29N3O3S. The van der Waals surface area contributed by atoms with E-state index in [2.05, 4.69) is 10.6 Å². The lowest BCUT2D eigenvalue weighted by Crippen LogP contribution is -2.35. The van der Waals surface area contributed by atoms with Crippen molar-refractivity contribution >= 4 is 15.9 Å². The molecule has 1 atom stereocenters. The number of benzene rings is 1. The molecule has 1 unspecified atom stereocenters. The quantitative estimate of drug-likeness (QED) is 0.754. The highest BCUT2D eigenvalue weighted by Crippen LogP contribution is 2.32. The lowest BCUT2D eigenvalue weighted by atomic mass is 10.1. The summed E-state index contributed by atoms with van der Waals surface area (Å²) in [5, 5.41) is 0. The molecule has 2 aromatic rings. The van der Waals surface area contributed by atoms with Crippen molar-refractivity contribution in [2.75, 3.05) is 19.6 Å². The standard InChI is InChI=1S/C22H29N3O3S/c1-23-13-5-7-20(23)21-8-6-16-25(21)22(26)17-18-9-11-19(12-10-18)29(27,28)24-14-3-2-4-15-24/h5,7,9-13,21H,2-4,6,8,14-17H2,1H3. The number of aryl methyl sites for hydroxylation is 1. The van der Waals surface area contributed by atoms with Crippen LogP contribution in [0.2, 0.25) is 0 Å². The molecule has 2 saturated heterocycles. The van der Waals surface area contributed by atoms with E-state index >= 15 is 0 Å². The molecule has 4 rings (SSSR count). The van der Waals surface area contributed by atoms with Crippen LogP contribution in [0.3, 0.4) is 0 Å². The van der Waals surface area contributed by atoms with Gasteiger partial charge in [0.1, 0.15) is 0 Å². The van der Waals surface area contributed by atoms with Crippen molar-refractivity contribution in [3.63, 3.8) is 0 Å². The van der Waals surface area contributed by atoms with Crippen molar-refractivity contribution in [2.24, 2.45) is 7.05 Å². The van der Waals surface area contributed by atoms with Gasteiger partial charge in [-0.25, -0.2) is 8.42 Å². The lowest BCUT2D eigenvalue weighted by molar-refractivity contribution is -0.131. The Morgan fingerprint density at radius 1 is 1.00 bits per heavy atom. The Hall–Kier alpha value is -2.12. The maximum absolute atomic E-state index is 13.0. The molecule has 0 saturated carbocycles. The Balaban J connectivity index is 1.44. The molecule has 156 valence electrons. The number of nitrogens with zero attached hydrogens (tertiary/aromatic N) is 3. The molecule has 2 fully saturated rings. The third-order valence-corrected chi connectivity index (χ3v) is 8.04. The number of rotatable bonds is 5. The summed E-state index contributed by atoms with van der Waals surface area (Å²) < 4.78 is 29.2. The number of aromatic nitrogens is 1. The zero-order valence-electron chi connectivity index (χ0n) is 17.0. The van der Waals surface area contributed by atoms with Gasteiger partial charge in [-0.1, -0.05) is 18.6 Å². The molecule has 29 heavy (non-hydrogen) atoms. The van der Waals surface area contributed by atoms with Crippen LogP contribution in [0.5, 0.6) is 0 Å². The van der Waals surface area contributed by atoms with Crippen molar-refractivity contribution < 1.29 is 13.2 Å². The van der Waals surface area contributed by atoms with Crippen LogP contribution in [0.15, 0.2) is 47.5 Å². The van der Waals surface area contributed by atoms with E-state index in [0.717, 1.165) is 44.2 Å². The van der Waals surface area contributed by atoms with Crippen molar-refractivity contribution in [3.05, 3.63) is 53.9 Å². The monoisotopic (exact) mass is 415 g/mol. The highest BCUT2D eigenvalue weighted by atomic mass is 32.2. The third kappa shape index (κ3) is 4.12. The predicted molar refractivity (Wildman–Crippen MR) is 112 cm³/mol. The molecule has 2 aliphatic rings. The Morgan fingerprint density at radius 3 is 2.38 bits per heavy atom. The second-order valence-electron chi connectivity index (χ2n) is 8.07. The van der Waals surface area contributed by atoms with E-state index in [1.54, 1.807) is 28.6 Å². The Labute approximate surface area is 173 Å². The third-order valence-electron chi connectivity index (χ3n) is 6.13. The van der Waals surface area contributed by atoms with Crippen LogP contribution in [0.4, 0.5) is 0 Å². The van der Waals surface area contributed by atoms with Gasteiger partial charge in [0.25, 0.3) is 0 Å². The topological polar surface area (TPSA) is 62.6 Å². The number of amides is 1. The average Bonchev–Trinajstić information content (AvgIpc) is 3.37. The molecule has 0 radical (unpaired) electrons. The number of likely N-dealkylation sites (tertiary alicyclic amines) is 1. The molecule has 2 aliphatic heterocycles. The Morgan fingerprint density at radius 2 is 1.72 bits per heavy atom.